The van der Waals surface area contributed by atoms with Gasteiger partial charge in [-0.1, -0.05) is 84.9 Å². The number of benzene rings is 5. The maximum Gasteiger partial charge on any atom is 0.318 e. The number of carbonyl (C=O) groups excluding carboxylic acids is 2. The van der Waals surface area contributed by atoms with Gasteiger partial charge >= 0.3 is 17.9 Å². The molecule has 0 heterocycles. The number of ketones is 2. The summed E-state index contributed by atoms with van der Waals surface area (Å²) in [5.41, 5.74) is 3.23. The van der Waals surface area contributed by atoms with Gasteiger partial charge in [0.15, 0.2) is 11.6 Å². The number of anilines is 1. The maximum atomic E-state index is 12.2. The highest BCUT2D eigenvalue weighted by atomic mass is 32.2. The smallest absolute Gasteiger partial charge is 0.318 e. The van der Waals surface area contributed by atoms with Crippen molar-refractivity contribution in [3.05, 3.63) is 120 Å². The third kappa shape index (κ3) is 13.0. The van der Waals surface area contributed by atoms with Crippen LogP contribution in [0.1, 0.15) is 58.9 Å². The number of carboxylic acids is 3. The van der Waals surface area contributed by atoms with Crippen LogP contribution in [0.25, 0.3) is 21.5 Å². The molecule has 0 unspecified atom stereocenters. The van der Waals surface area contributed by atoms with Crippen molar-refractivity contribution in [3.8, 4) is 0 Å². The number of rotatable bonds is 14. The van der Waals surface area contributed by atoms with Gasteiger partial charge in [-0.05, 0) is 54.3 Å². The van der Waals surface area contributed by atoms with Gasteiger partial charge in [-0.15, -0.1) is 0 Å². The molecule has 0 fully saturated rings. The molecule has 0 aromatic heterocycles. The second-order valence-corrected chi connectivity index (χ2v) is 13.9. The molecule has 5 aromatic rings. The second kappa shape index (κ2) is 19.6. The Morgan fingerprint density at radius 1 is 0.642 bits per heavy atom. The van der Waals surface area contributed by atoms with Gasteiger partial charge in [0, 0.05) is 54.5 Å². The van der Waals surface area contributed by atoms with Crippen molar-refractivity contribution in [2.24, 2.45) is 0 Å². The van der Waals surface area contributed by atoms with Gasteiger partial charge in [0.25, 0.3) is 0 Å². The van der Waals surface area contributed by atoms with Crippen LogP contribution in [0.4, 0.5) is 5.69 Å². The number of carbonyl (C=O) groups is 5. The fourth-order valence-electron chi connectivity index (χ4n) is 5.20. The van der Waals surface area contributed by atoms with E-state index in [9.17, 15) is 32.4 Å². The van der Waals surface area contributed by atoms with E-state index in [1.54, 1.807) is 42.5 Å². The number of Topliss-reactive ketones (excluding diaryl/α,β-unsaturated/α-hetero) is 2. The van der Waals surface area contributed by atoms with Crippen molar-refractivity contribution < 1.29 is 47.7 Å². The summed E-state index contributed by atoms with van der Waals surface area (Å²) in [7, 11) is -0.126. The molecule has 0 amide bonds. The molecule has 12 nitrogen and oxygen atoms in total. The highest BCUT2D eigenvalue weighted by molar-refractivity contribution is 7.89. The van der Waals surface area contributed by atoms with E-state index >= 15 is 0 Å². The van der Waals surface area contributed by atoms with Crippen LogP contribution >= 0.6 is 0 Å². The molecule has 0 radical (unpaired) electrons. The Hall–Kier alpha value is -5.92. The average molecular weight is 743 g/mol. The van der Waals surface area contributed by atoms with Crippen LogP contribution < -0.4 is 9.62 Å². The van der Waals surface area contributed by atoms with E-state index < -0.39 is 34.5 Å². The molecular weight excluding hydrogens is 701 g/mol. The maximum absolute atomic E-state index is 12.2. The van der Waals surface area contributed by atoms with Gasteiger partial charge in [0.2, 0.25) is 10.0 Å². The van der Waals surface area contributed by atoms with Gasteiger partial charge in [-0.3, -0.25) is 24.0 Å². The van der Waals surface area contributed by atoms with Crippen molar-refractivity contribution in [1.82, 2.24) is 4.72 Å². The first-order chi connectivity index (χ1) is 25.1. The number of hydrogen-bond donors (Lipinski definition) is 4. The first-order valence-electron chi connectivity index (χ1n) is 16.5. The average Bonchev–Trinajstić information content (AvgIpc) is 3.12. The molecule has 0 saturated heterocycles. The molecule has 4 N–H and O–H groups in total. The summed E-state index contributed by atoms with van der Waals surface area (Å²) in [4.78, 5) is 55.9. The Bertz CT molecular complexity index is 2200. The monoisotopic (exact) mass is 742 g/mol. The lowest BCUT2D eigenvalue weighted by atomic mass is 10.0. The molecule has 278 valence electrons. The van der Waals surface area contributed by atoms with E-state index in [1.165, 1.54) is 13.0 Å². The predicted octanol–water partition coefficient (Wildman–Crippen LogP) is 6.45. The van der Waals surface area contributed by atoms with Gasteiger partial charge < -0.3 is 20.2 Å². The van der Waals surface area contributed by atoms with E-state index in [-0.39, 0.29) is 35.7 Å². The summed E-state index contributed by atoms with van der Waals surface area (Å²) >= 11 is 0. The summed E-state index contributed by atoms with van der Waals surface area (Å²) < 4.78 is 26.6. The Kier molecular flexibility index (Phi) is 15.4. The molecule has 0 aliphatic heterocycles. The van der Waals surface area contributed by atoms with E-state index in [4.69, 9.17) is 15.3 Å². The summed E-state index contributed by atoms with van der Waals surface area (Å²) in [5, 5.41) is 29.0. The molecule has 53 heavy (non-hydrogen) atoms. The van der Waals surface area contributed by atoms with Crippen LogP contribution in [-0.2, 0) is 30.8 Å². The fourth-order valence-corrected chi connectivity index (χ4v) is 6.40. The van der Waals surface area contributed by atoms with Gasteiger partial charge in [-0.25, -0.2) is 8.42 Å². The molecule has 0 saturated carbocycles. The third-order valence-corrected chi connectivity index (χ3v) is 9.36. The number of sulfonamides is 1. The minimum Gasteiger partial charge on any atom is -0.481 e. The molecule has 5 rings (SSSR count). The largest absolute Gasteiger partial charge is 0.481 e. The van der Waals surface area contributed by atoms with E-state index in [1.807, 2.05) is 73.6 Å². The molecule has 0 aliphatic rings. The third-order valence-electron chi connectivity index (χ3n) is 7.90. The number of aliphatic carboxylic acids is 3. The lowest BCUT2D eigenvalue weighted by molar-refractivity contribution is -0.138. The standard InChI is InChI=1S/C14H16N2O4S.C14H12O3.C12H14O3/c1-16(2)12-7-3-6-11-10(12)5-4-8-13(11)21(19,20)15-9-14(17)18;15-13(7-8-14(16)17)12-6-5-10-3-1-2-4-11(10)9-12;1-9(13)11-7-5-10(6-8-11)3-2-4-12(14)15/h3-8,15H,9H2,1-2H3,(H,17,18);1-6,9H,7-8H2,(H,16,17);5-8H,2-4H2,1H3,(H,14,15). The molecule has 13 heteroatoms. The minimum absolute atomic E-state index is 0.0482. The summed E-state index contributed by atoms with van der Waals surface area (Å²) in [5.74, 6) is -3.02. The van der Waals surface area contributed by atoms with Crippen LogP contribution in [0.5, 0.6) is 0 Å². The quantitative estimate of drug-likeness (QED) is 0.0913. The molecule has 0 aliphatic carbocycles. The van der Waals surface area contributed by atoms with E-state index in [2.05, 4.69) is 4.72 Å². The Morgan fingerprint density at radius 3 is 1.85 bits per heavy atom. The normalized spacial score (nSPS) is 10.7. The van der Waals surface area contributed by atoms with Crippen LogP contribution in [-0.4, -0.2) is 73.9 Å². The van der Waals surface area contributed by atoms with Gasteiger partial charge in [0.05, 0.1) is 11.3 Å². The van der Waals surface area contributed by atoms with E-state index in [0.717, 1.165) is 33.8 Å². The van der Waals surface area contributed by atoms with Crippen molar-refractivity contribution in [3.63, 3.8) is 0 Å². The first kappa shape index (κ1) is 41.5. The van der Waals surface area contributed by atoms with Crippen LogP contribution in [0.3, 0.4) is 0 Å². The van der Waals surface area contributed by atoms with Gasteiger partial charge in [-0.2, -0.15) is 4.72 Å². The number of carboxylic acid groups (broad SMARTS) is 3. The lowest BCUT2D eigenvalue weighted by Crippen LogP contribution is -2.29. The summed E-state index contributed by atoms with van der Waals surface area (Å²) in [6.45, 7) is 0.880. The molecule has 5 aromatic carbocycles. The number of hydrogen-bond acceptors (Lipinski definition) is 8. The highest BCUT2D eigenvalue weighted by Gasteiger charge is 2.19. The Morgan fingerprint density at radius 2 is 1.25 bits per heavy atom. The Labute approximate surface area is 307 Å². The van der Waals surface area contributed by atoms with Crippen LogP contribution in [0, 0.1) is 0 Å². The molecule has 0 spiro atoms. The molecule has 0 atom stereocenters. The van der Waals surface area contributed by atoms with Crippen molar-refractivity contribution in [1.29, 1.82) is 0 Å². The van der Waals surface area contributed by atoms with Crippen molar-refractivity contribution in [2.45, 2.75) is 43.9 Å². The topological polar surface area (TPSA) is 195 Å². The lowest BCUT2D eigenvalue weighted by Gasteiger charge is -2.16. The fraction of sp³-hybridized carbons (Fsp3) is 0.225. The van der Waals surface area contributed by atoms with Crippen molar-refractivity contribution in [2.75, 3.05) is 25.5 Å². The molecule has 0 bridgehead atoms. The zero-order valence-electron chi connectivity index (χ0n) is 29.6. The number of nitrogens with zero attached hydrogens (tertiary/aromatic N) is 1. The number of fused-ring (bicyclic) bond motifs is 2. The van der Waals surface area contributed by atoms with Crippen molar-refractivity contribution >= 4 is 66.7 Å². The zero-order chi connectivity index (χ0) is 39.1. The SMILES string of the molecule is CC(=O)c1ccc(CCCC(=O)O)cc1.CN(C)c1cccc2c(S(=O)(=O)NCC(=O)O)cccc12.O=C(O)CCC(=O)c1ccc2ccccc2c1. The second-order valence-electron chi connectivity index (χ2n) is 12.1. The zero-order valence-corrected chi connectivity index (χ0v) is 30.4. The van der Waals surface area contributed by atoms with E-state index in [0.29, 0.717) is 22.9 Å². The first-order valence-corrected chi connectivity index (χ1v) is 18.0. The summed E-state index contributed by atoms with van der Waals surface area (Å²) in [6, 6.07) is 30.8. The molecular formula is C40H42N2O10S. The van der Waals surface area contributed by atoms with Crippen LogP contribution in [0.2, 0.25) is 0 Å². The predicted molar refractivity (Wildman–Crippen MR) is 203 cm³/mol. The number of aryl methyl sites for hydroxylation is 1. The number of nitrogens with one attached hydrogen (secondary N) is 1. The van der Waals surface area contributed by atoms with Gasteiger partial charge in [0.1, 0.15) is 6.54 Å². The van der Waals surface area contributed by atoms with Crippen LogP contribution in [0.15, 0.2) is 108 Å². The summed E-state index contributed by atoms with van der Waals surface area (Å²) in [6.07, 6.45) is 1.49. The Balaban J connectivity index is 0.000000218. The minimum atomic E-state index is -3.87. The highest BCUT2D eigenvalue weighted by Crippen LogP contribution is 2.30.